The van der Waals surface area contributed by atoms with Crippen LogP contribution in [0.25, 0.3) is 0 Å². The summed E-state index contributed by atoms with van der Waals surface area (Å²) in [6.45, 7) is 0.867. The molecule has 1 aromatic heterocycles. The number of hydrogen-bond acceptors (Lipinski definition) is 4. The number of nitrogens with zero attached hydrogens (tertiary/aromatic N) is 3. The molecule has 1 aliphatic rings. The van der Waals surface area contributed by atoms with Crippen molar-refractivity contribution in [2.24, 2.45) is 5.92 Å². The molecular formula is C11H15N3S. The second kappa shape index (κ2) is 4.73. The van der Waals surface area contributed by atoms with Gasteiger partial charge in [-0.15, -0.1) is 11.3 Å². The number of hydrogen-bond donors (Lipinski definition) is 0. The van der Waals surface area contributed by atoms with Crippen molar-refractivity contribution in [1.29, 1.82) is 5.26 Å². The Labute approximate surface area is 94.4 Å². The predicted molar refractivity (Wildman–Crippen MR) is 60.3 cm³/mol. The third-order valence-electron chi connectivity index (χ3n) is 3.11. The van der Waals surface area contributed by atoms with Crippen molar-refractivity contribution in [3.05, 3.63) is 16.6 Å². The Morgan fingerprint density at radius 1 is 1.67 bits per heavy atom. The molecule has 0 saturated heterocycles. The van der Waals surface area contributed by atoms with E-state index in [2.05, 4.69) is 28.4 Å². The summed E-state index contributed by atoms with van der Waals surface area (Å²) in [4.78, 5) is 6.55. The van der Waals surface area contributed by atoms with Crippen LogP contribution in [0.15, 0.2) is 10.9 Å². The van der Waals surface area contributed by atoms with Gasteiger partial charge in [-0.3, -0.25) is 4.90 Å². The highest BCUT2D eigenvalue weighted by Gasteiger charge is 2.30. The molecule has 0 aliphatic heterocycles. The van der Waals surface area contributed by atoms with E-state index in [9.17, 15) is 0 Å². The summed E-state index contributed by atoms with van der Waals surface area (Å²) in [5, 5.41) is 11.1. The molecule has 2 atom stereocenters. The Hall–Kier alpha value is -0.920. The molecule has 3 nitrogen and oxygen atoms in total. The number of aromatic nitrogens is 1. The molecule has 1 saturated carbocycles. The average Bonchev–Trinajstić information content (AvgIpc) is 2.86. The van der Waals surface area contributed by atoms with Crippen LogP contribution in [-0.2, 0) is 6.54 Å². The largest absolute Gasteiger partial charge is 0.296 e. The Balaban J connectivity index is 1.96. The van der Waals surface area contributed by atoms with Crippen LogP contribution in [0.2, 0.25) is 0 Å². The lowest BCUT2D eigenvalue weighted by Crippen LogP contribution is -2.33. The van der Waals surface area contributed by atoms with Crippen LogP contribution in [0.5, 0.6) is 0 Å². The molecule has 1 heterocycles. The van der Waals surface area contributed by atoms with Gasteiger partial charge in [-0.2, -0.15) is 5.26 Å². The maximum absolute atomic E-state index is 9.02. The molecule has 1 aromatic rings. The fourth-order valence-corrected chi connectivity index (χ4v) is 2.86. The van der Waals surface area contributed by atoms with Crippen LogP contribution in [0, 0.1) is 17.2 Å². The van der Waals surface area contributed by atoms with E-state index in [1.807, 2.05) is 5.51 Å². The summed E-state index contributed by atoms with van der Waals surface area (Å²) in [6.07, 6.45) is 3.39. The van der Waals surface area contributed by atoms with Crippen molar-refractivity contribution in [3.63, 3.8) is 0 Å². The van der Waals surface area contributed by atoms with Gasteiger partial charge in [-0.1, -0.05) is 6.42 Å². The van der Waals surface area contributed by atoms with Crippen LogP contribution in [0.4, 0.5) is 0 Å². The van der Waals surface area contributed by atoms with Gasteiger partial charge < -0.3 is 0 Å². The van der Waals surface area contributed by atoms with Crippen molar-refractivity contribution in [1.82, 2.24) is 9.88 Å². The van der Waals surface area contributed by atoms with E-state index >= 15 is 0 Å². The normalized spacial score (nSPS) is 25.7. The van der Waals surface area contributed by atoms with Gasteiger partial charge in [0.1, 0.15) is 0 Å². The Bertz CT molecular complexity index is 341. The molecule has 4 heteroatoms. The maximum atomic E-state index is 9.02. The quantitative estimate of drug-likeness (QED) is 0.786. The Morgan fingerprint density at radius 2 is 2.53 bits per heavy atom. The minimum atomic E-state index is 0.216. The minimum Gasteiger partial charge on any atom is -0.296 e. The van der Waals surface area contributed by atoms with Gasteiger partial charge >= 0.3 is 0 Å². The smallest absolute Gasteiger partial charge is 0.0795 e. The molecule has 0 N–H and O–H groups in total. The van der Waals surface area contributed by atoms with Crippen molar-refractivity contribution in [3.8, 4) is 6.07 Å². The lowest BCUT2D eigenvalue weighted by molar-refractivity contribution is 0.210. The van der Waals surface area contributed by atoms with Gasteiger partial charge in [0.15, 0.2) is 0 Å². The van der Waals surface area contributed by atoms with Crippen molar-refractivity contribution >= 4 is 11.3 Å². The first kappa shape index (κ1) is 10.6. The summed E-state index contributed by atoms with van der Waals surface area (Å²) in [5.74, 6) is 0.216. The minimum absolute atomic E-state index is 0.216. The van der Waals surface area contributed by atoms with E-state index in [4.69, 9.17) is 5.26 Å². The summed E-state index contributed by atoms with van der Waals surface area (Å²) >= 11 is 1.63. The zero-order valence-corrected chi connectivity index (χ0v) is 9.70. The molecular weight excluding hydrogens is 206 g/mol. The Morgan fingerprint density at radius 3 is 3.20 bits per heavy atom. The van der Waals surface area contributed by atoms with Crippen molar-refractivity contribution in [2.75, 3.05) is 7.05 Å². The van der Waals surface area contributed by atoms with Crippen LogP contribution in [0.3, 0.4) is 0 Å². The summed E-state index contributed by atoms with van der Waals surface area (Å²) in [7, 11) is 2.10. The monoisotopic (exact) mass is 221 g/mol. The summed E-state index contributed by atoms with van der Waals surface area (Å²) in [5.41, 5.74) is 2.98. The third-order valence-corrected chi connectivity index (χ3v) is 3.74. The summed E-state index contributed by atoms with van der Waals surface area (Å²) in [6, 6.07) is 2.84. The highest BCUT2D eigenvalue weighted by atomic mass is 32.1. The van der Waals surface area contributed by atoms with E-state index in [-0.39, 0.29) is 5.92 Å². The van der Waals surface area contributed by atoms with Crippen LogP contribution in [0.1, 0.15) is 25.0 Å². The molecule has 0 radical (unpaired) electrons. The number of thiazole rings is 1. The lowest BCUT2D eigenvalue weighted by atomic mass is 10.0. The Kier molecular flexibility index (Phi) is 3.34. The average molecular weight is 221 g/mol. The predicted octanol–water partition coefficient (Wildman–Crippen LogP) is 2.27. The first-order valence-corrected chi connectivity index (χ1v) is 6.22. The first-order valence-electron chi connectivity index (χ1n) is 5.28. The van der Waals surface area contributed by atoms with Gasteiger partial charge in [0.05, 0.1) is 23.2 Å². The van der Waals surface area contributed by atoms with E-state index in [0.717, 1.165) is 25.1 Å². The second-order valence-corrected chi connectivity index (χ2v) is 4.85. The molecule has 80 valence electrons. The SMILES string of the molecule is CN(Cc1cscn1)C1CCCC1C#N. The van der Waals surface area contributed by atoms with Crippen LogP contribution < -0.4 is 0 Å². The number of nitriles is 1. The van der Waals surface area contributed by atoms with Gasteiger partial charge in [-0.05, 0) is 19.9 Å². The highest BCUT2D eigenvalue weighted by molar-refractivity contribution is 7.07. The lowest BCUT2D eigenvalue weighted by Gasteiger charge is -2.25. The molecule has 2 rings (SSSR count). The third kappa shape index (κ3) is 2.36. The van der Waals surface area contributed by atoms with E-state index in [0.29, 0.717) is 6.04 Å². The molecule has 1 aliphatic carbocycles. The maximum Gasteiger partial charge on any atom is 0.0795 e. The highest BCUT2D eigenvalue weighted by Crippen LogP contribution is 2.29. The van der Waals surface area contributed by atoms with Crippen LogP contribution >= 0.6 is 11.3 Å². The molecule has 0 amide bonds. The molecule has 1 fully saturated rings. The van der Waals surface area contributed by atoms with Gasteiger partial charge in [0.25, 0.3) is 0 Å². The van der Waals surface area contributed by atoms with Gasteiger partial charge in [-0.25, -0.2) is 4.98 Å². The van der Waals surface area contributed by atoms with E-state index in [1.54, 1.807) is 11.3 Å². The number of rotatable bonds is 3. The molecule has 0 bridgehead atoms. The summed E-state index contributed by atoms with van der Waals surface area (Å²) < 4.78 is 0. The van der Waals surface area contributed by atoms with Gasteiger partial charge in [0.2, 0.25) is 0 Å². The molecule has 15 heavy (non-hydrogen) atoms. The first-order chi connectivity index (χ1) is 7.31. The van der Waals surface area contributed by atoms with E-state index in [1.165, 1.54) is 6.42 Å². The van der Waals surface area contributed by atoms with Crippen LogP contribution in [-0.4, -0.2) is 23.0 Å². The van der Waals surface area contributed by atoms with Gasteiger partial charge in [0, 0.05) is 18.0 Å². The van der Waals surface area contributed by atoms with E-state index < -0.39 is 0 Å². The topological polar surface area (TPSA) is 39.9 Å². The standard InChI is InChI=1S/C11H15N3S/c1-14(6-10-7-15-8-13-10)11-4-2-3-9(11)5-12/h7-9,11H,2-4,6H2,1H3. The van der Waals surface area contributed by atoms with Crippen molar-refractivity contribution in [2.45, 2.75) is 31.8 Å². The fourth-order valence-electron chi connectivity index (χ4n) is 2.31. The molecule has 0 aromatic carbocycles. The molecule has 2 unspecified atom stereocenters. The van der Waals surface area contributed by atoms with Crippen molar-refractivity contribution < 1.29 is 0 Å². The molecule has 0 spiro atoms. The fraction of sp³-hybridized carbons (Fsp3) is 0.636. The zero-order valence-electron chi connectivity index (χ0n) is 8.89. The second-order valence-electron chi connectivity index (χ2n) is 4.13. The zero-order chi connectivity index (χ0) is 10.7.